The molecule has 1 saturated heterocycles. The summed E-state index contributed by atoms with van der Waals surface area (Å²) in [6.07, 6.45) is 0.521. The quantitative estimate of drug-likeness (QED) is 0.259. The van der Waals surface area contributed by atoms with E-state index in [0.29, 0.717) is 31.8 Å². The number of carbonyl (C=O) groups is 3. The van der Waals surface area contributed by atoms with Crippen molar-refractivity contribution in [2.75, 3.05) is 20.3 Å². The Morgan fingerprint density at radius 2 is 1.49 bits per heavy atom. The number of ketones is 2. The number of Topliss-reactive ketones (excluding diaryl/α,β-unsaturated/α-hetero) is 2. The predicted octanol–water partition coefficient (Wildman–Crippen LogP) is 3.44. The molecule has 4 atom stereocenters. The number of nitrogens with two attached hydrogens (primary N) is 1. The molecular formula is C33H38N2O6. The lowest BCUT2D eigenvalue weighted by molar-refractivity contribution is -0.134. The van der Waals surface area contributed by atoms with Gasteiger partial charge in [0.25, 0.3) is 0 Å². The van der Waals surface area contributed by atoms with Crippen LogP contribution in [0.4, 0.5) is 0 Å². The normalized spacial score (nSPS) is 18.1. The van der Waals surface area contributed by atoms with Gasteiger partial charge in [-0.05, 0) is 48.6 Å². The summed E-state index contributed by atoms with van der Waals surface area (Å²) >= 11 is 0. The third-order valence-electron chi connectivity index (χ3n) is 7.30. The minimum Gasteiger partial charge on any atom is -0.497 e. The van der Waals surface area contributed by atoms with E-state index in [1.165, 1.54) is 0 Å². The van der Waals surface area contributed by atoms with Crippen LogP contribution >= 0.6 is 0 Å². The van der Waals surface area contributed by atoms with Crippen molar-refractivity contribution in [3.05, 3.63) is 102 Å². The third kappa shape index (κ3) is 8.82. The maximum Gasteiger partial charge on any atom is 0.224 e. The molecule has 0 aromatic heterocycles. The minimum atomic E-state index is -0.910. The molecule has 41 heavy (non-hydrogen) atoms. The summed E-state index contributed by atoms with van der Waals surface area (Å²) in [7, 11) is 1.58. The number of rotatable bonds is 16. The zero-order valence-electron chi connectivity index (χ0n) is 23.6. The van der Waals surface area contributed by atoms with Gasteiger partial charge in [-0.1, -0.05) is 72.8 Å². The van der Waals surface area contributed by atoms with Crippen molar-refractivity contribution in [3.63, 3.8) is 0 Å². The Labute approximate surface area is 241 Å². The Hall–Kier alpha value is -3.85. The monoisotopic (exact) mass is 558 g/mol. The number of benzene rings is 3. The number of methoxy groups -OCH3 is 1. The summed E-state index contributed by atoms with van der Waals surface area (Å²) in [5.41, 5.74) is 8.02. The highest BCUT2D eigenvalue weighted by molar-refractivity contribution is 5.98. The zero-order chi connectivity index (χ0) is 29.2. The highest BCUT2D eigenvalue weighted by Gasteiger charge is 2.50. The second-order valence-corrected chi connectivity index (χ2v) is 10.7. The minimum absolute atomic E-state index is 0.0371. The van der Waals surface area contributed by atoms with Gasteiger partial charge in [-0.3, -0.25) is 14.4 Å². The van der Waals surface area contributed by atoms with Crippen LogP contribution in [0.5, 0.6) is 5.75 Å². The van der Waals surface area contributed by atoms with Crippen molar-refractivity contribution >= 4 is 17.5 Å². The van der Waals surface area contributed by atoms with Gasteiger partial charge in [-0.2, -0.15) is 0 Å². The molecule has 0 unspecified atom stereocenters. The predicted molar refractivity (Wildman–Crippen MR) is 155 cm³/mol. The molecule has 8 heteroatoms. The lowest BCUT2D eigenvalue weighted by Gasteiger charge is -2.24. The molecule has 0 spiro atoms. The van der Waals surface area contributed by atoms with E-state index in [2.05, 4.69) is 5.32 Å². The SMILES string of the molecule is COc1ccc(C[C@H](CC(=O)[C@@H](N)COCc2ccccc2)C(=O)N[C@@H](Cc2ccccc2)C(=O)[C@@]2(C)CO2)cc1. The molecule has 1 fully saturated rings. The van der Waals surface area contributed by atoms with Crippen LogP contribution in [0.25, 0.3) is 0 Å². The summed E-state index contributed by atoms with van der Waals surface area (Å²) in [6.45, 7) is 2.42. The maximum absolute atomic E-state index is 13.7. The van der Waals surface area contributed by atoms with E-state index in [0.717, 1.165) is 16.7 Å². The Kier molecular flexibility index (Phi) is 10.4. The Morgan fingerprint density at radius 3 is 2.07 bits per heavy atom. The molecule has 1 heterocycles. The molecule has 8 nitrogen and oxygen atoms in total. The van der Waals surface area contributed by atoms with E-state index in [4.69, 9.17) is 19.9 Å². The van der Waals surface area contributed by atoms with Gasteiger partial charge in [0.1, 0.15) is 11.4 Å². The van der Waals surface area contributed by atoms with Gasteiger partial charge in [0.15, 0.2) is 11.6 Å². The van der Waals surface area contributed by atoms with Gasteiger partial charge >= 0.3 is 0 Å². The molecule has 0 radical (unpaired) electrons. The molecule has 0 bridgehead atoms. The topological polar surface area (TPSA) is 120 Å². The van der Waals surface area contributed by atoms with Gasteiger partial charge in [0.05, 0.1) is 39.0 Å². The van der Waals surface area contributed by atoms with Crippen LogP contribution in [0.15, 0.2) is 84.9 Å². The smallest absolute Gasteiger partial charge is 0.224 e. The third-order valence-corrected chi connectivity index (χ3v) is 7.30. The zero-order valence-corrected chi connectivity index (χ0v) is 23.6. The maximum atomic E-state index is 13.7. The Balaban J connectivity index is 1.46. The molecule has 3 aromatic carbocycles. The molecule has 3 N–H and O–H groups in total. The first-order chi connectivity index (χ1) is 19.8. The molecule has 1 aliphatic rings. The molecule has 4 rings (SSSR count). The van der Waals surface area contributed by atoms with E-state index in [9.17, 15) is 14.4 Å². The Bertz CT molecular complexity index is 1290. The van der Waals surface area contributed by atoms with Crippen molar-refractivity contribution in [1.82, 2.24) is 5.32 Å². The standard InChI is InChI=1S/C33H38N2O6/c1-33(22-41-33)31(37)29(18-23-9-5-3-6-10-23)35-32(38)26(17-24-13-15-27(39-2)16-14-24)19-30(36)28(34)21-40-20-25-11-7-4-8-12-25/h3-16,26,28-29H,17-22,34H2,1-2H3,(H,35,38)/t26-,28+,29+,33-/m1/s1. The molecule has 1 aliphatic heterocycles. The summed E-state index contributed by atoms with van der Waals surface area (Å²) in [5, 5.41) is 2.95. The molecule has 216 valence electrons. The van der Waals surface area contributed by atoms with Gasteiger partial charge in [0, 0.05) is 12.3 Å². The number of amides is 1. The largest absolute Gasteiger partial charge is 0.497 e. The van der Waals surface area contributed by atoms with Crippen LogP contribution in [0, 0.1) is 5.92 Å². The van der Waals surface area contributed by atoms with Crippen LogP contribution in [0.2, 0.25) is 0 Å². The lowest BCUT2D eigenvalue weighted by Crippen LogP contribution is -2.50. The van der Waals surface area contributed by atoms with Gasteiger partial charge in [-0.15, -0.1) is 0 Å². The van der Waals surface area contributed by atoms with E-state index in [1.807, 2.05) is 84.9 Å². The fraction of sp³-hybridized carbons (Fsp3) is 0.364. The first-order valence-corrected chi connectivity index (χ1v) is 13.8. The van der Waals surface area contributed by atoms with Crippen LogP contribution in [-0.4, -0.2) is 55.5 Å². The van der Waals surface area contributed by atoms with Crippen LogP contribution in [-0.2, 0) is 43.3 Å². The fourth-order valence-electron chi connectivity index (χ4n) is 4.64. The van der Waals surface area contributed by atoms with Crippen molar-refractivity contribution in [3.8, 4) is 5.75 Å². The molecule has 1 amide bonds. The molecule has 0 aliphatic carbocycles. The van der Waals surface area contributed by atoms with E-state index in [1.54, 1.807) is 14.0 Å². The van der Waals surface area contributed by atoms with Gasteiger partial charge < -0.3 is 25.3 Å². The van der Waals surface area contributed by atoms with Gasteiger partial charge in [0.2, 0.25) is 5.91 Å². The Morgan fingerprint density at radius 1 is 0.902 bits per heavy atom. The van der Waals surface area contributed by atoms with Crippen LogP contribution in [0.3, 0.4) is 0 Å². The second kappa shape index (κ2) is 14.2. The summed E-state index contributed by atoms with van der Waals surface area (Å²) < 4.78 is 16.3. The molecule has 0 saturated carbocycles. The highest BCUT2D eigenvalue weighted by Crippen LogP contribution is 2.29. The first kappa shape index (κ1) is 30.1. The number of hydrogen-bond acceptors (Lipinski definition) is 7. The molecule has 3 aromatic rings. The van der Waals surface area contributed by atoms with E-state index < -0.39 is 23.6 Å². The van der Waals surface area contributed by atoms with E-state index >= 15 is 0 Å². The number of hydrogen-bond donors (Lipinski definition) is 2. The highest BCUT2D eigenvalue weighted by atomic mass is 16.6. The summed E-state index contributed by atoms with van der Waals surface area (Å²) in [5.74, 6) is -0.903. The number of epoxide rings is 1. The van der Waals surface area contributed by atoms with Crippen LogP contribution < -0.4 is 15.8 Å². The second-order valence-electron chi connectivity index (χ2n) is 10.7. The van der Waals surface area contributed by atoms with E-state index in [-0.39, 0.29) is 30.5 Å². The number of nitrogens with one attached hydrogen (secondary N) is 1. The first-order valence-electron chi connectivity index (χ1n) is 13.8. The average Bonchev–Trinajstić information content (AvgIpc) is 3.75. The summed E-state index contributed by atoms with van der Waals surface area (Å²) in [6, 6.07) is 24.8. The number of ether oxygens (including phenoxy) is 3. The van der Waals surface area contributed by atoms with Crippen molar-refractivity contribution in [1.29, 1.82) is 0 Å². The summed E-state index contributed by atoms with van der Waals surface area (Å²) in [4.78, 5) is 40.2. The van der Waals surface area contributed by atoms with Crippen molar-refractivity contribution in [2.45, 2.75) is 50.5 Å². The lowest BCUT2D eigenvalue weighted by atomic mass is 9.89. The fourth-order valence-corrected chi connectivity index (χ4v) is 4.64. The van der Waals surface area contributed by atoms with Crippen molar-refractivity contribution in [2.24, 2.45) is 11.7 Å². The van der Waals surface area contributed by atoms with Crippen molar-refractivity contribution < 1.29 is 28.6 Å². The molecular weight excluding hydrogens is 520 g/mol. The average molecular weight is 559 g/mol. The van der Waals surface area contributed by atoms with Crippen LogP contribution in [0.1, 0.15) is 30.0 Å². The number of carbonyl (C=O) groups excluding carboxylic acids is 3. The van der Waals surface area contributed by atoms with Gasteiger partial charge in [-0.25, -0.2) is 0 Å².